The number of aromatic nitrogens is 4. The fourth-order valence-electron chi connectivity index (χ4n) is 8.82. The summed E-state index contributed by atoms with van der Waals surface area (Å²) in [6.45, 7) is 17.9. The van der Waals surface area contributed by atoms with E-state index in [1.54, 1.807) is 22.7 Å². The molecule has 4 aromatic carbocycles. The van der Waals surface area contributed by atoms with Gasteiger partial charge in [-0.05, 0) is 63.1 Å². The molecular formula is C52H60N8O6S2. The molecule has 8 aromatic rings. The van der Waals surface area contributed by atoms with E-state index < -0.39 is 12.2 Å². The second kappa shape index (κ2) is 22.2. The van der Waals surface area contributed by atoms with Gasteiger partial charge >= 0.3 is 0 Å². The fourth-order valence-corrected chi connectivity index (χ4v) is 10.4. The Bertz CT molecular complexity index is 2840. The van der Waals surface area contributed by atoms with E-state index in [1.807, 2.05) is 75.4 Å². The Morgan fingerprint density at radius 2 is 1.15 bits per heavy atom. The first-order valence-electron chi connectivity index (χ1n) is 23.4. The molecule has 0 aliphatic carbocycles. The van der Waals surface area contributed by atoms with Gasteiger partial charge in [0.15, 0.2) is 5.76 Å². The highest BCUT2D eigenvalue weighted by Crippen LogP contribution is 2.29. The van der Waals surface area contributed by atoms with E-state index >= 15 is 0 Å². The van der Waals surface area contributed by atoms with E-state index in [2.05, 4.69) is 95.3 Å². The Hall–Kier alpha value is -5.56. The molecule has 3 atom stereocenters. The predicted octanol–water partition coefficient (Wildman–Crippen LogP) is 8.33. The number of nitrogens with zero attached hydrogens (tertiary/aromatic N) is 8. The summed E-state index contributed by atoms with van der Waals surface area (Å²) in [6.07, 6.45) is -1.07. The minimum absolute atomic E-state index is 0.261. The van der Waals surface area contributed by atoms with Gasteiger partial charge in [0.25, 0.3) is 0 Å². The Kier molecular flexibility index (Phi) is 15.5. The highest BCUT2D eigenvalue weighted by molar-refractivity contribution is 7.18. The third-order valence-electron chi connectivity index (χ3n) is 12.3. The summed E-state index contributed by atoms with van der Waals surface area (Å²) in [6, 6.07) is 35.0. The number of hydrogen-bond donors (Lipinski definition) is 2. The van der Waals surface area contributed by atoms with Gasteiger partial charge in [0.05, 0.1) is 41.8 Å². The molecule has 0 spiro atoms. The molecule has 4 aromatic heterocycles. The van der Waals surface area contributed by atoms with E-state index in [-0.39, 0.29) is 13.2 Å². The van der Waals surface area contributed by atoms with Gasteiger partial charge in [0.1, 0.15) is 42.7 Å². The number of thiazole rings is 2. The zero-order valence-electron chi connectivity index (χ0n) is 39.2. The normalized spacial score (nSPS) is 17.3. The Morgan fingerprint density at radius 1 is 0.603 bits per heavy atom. The summed E-state index contributed by atoms with van der Waals surface area (Å²) in [5, 5.41) is 31.5. The third kappa shape index (κ3) is 12.7. The van der Waals surface area contributed by atoms with Crippen LogP contribution in [0.1, 0.15) is 34.1 Å². The van der Waals surface area contributed by atoms with Gasteiger partial charge < -0.3 is 28.7 Å². The molecule has 2 aliphatic rings. The number of fused-ring (bicyclic) bond motifs is 2. The number of benzene rings is 4. The predicted molar refractivity (Wildman–Crippen MR) is 268 cm³/mol. The number of ether oxygens (including phenoxy) is 2. The lowest BCUT2D eigenvalue weighted by atomic mass is 10.0. The maximum atomic E-state index is 10.6. The van der Waals surface area contributed by atoms with Crippen LogP contribution in [-0.2, 0) is 13.1 Å². The number of aryl methyl sites for hydroxylation is 3. The van der Waals surface area contributed by atoms with Gasteiger partial charge in [-0.15, -0.1) is 22.7 Å². The molecular weight excluding hydrogens is 897 g/mol. The highest BCUT2D eigenvalue weighted by atomic mass is 32.1. The summed E-state index contributed by atoms with van der Waals surface area (Å²) in [7, 11) is 0. The topological polar surface area (TPSA) is 150 Å². The standard InChI is InChI=1S/C32H34N4O3S.C20H26N4O3S/c1-22-18-35(20-28(37)21-38-29-12-13-32-30(17-29)33-23(2)40-32)14-15-36(22)19-27-16-31(39-34-27)26-10-8-25(9-11-26)24-6-4-3-5-7-24;1-14-9-16(22-27-14)11-23-5-7-24(8-6-23)12-17(25)13-26-18-3-4-20-19(10-18)21-15(2)28-20/h3-13,16-17,22,28,37H,14-15,18-21H2,1-2H3;3-4,9-10,17,25H,5-8,11-13H2,1-2H3/t22-,28+;/m0./s1. The van der Waals surface area contributed by atoms with Crippen molar-refractivity contribution in [2.75, 3.05) is 72.1 Å². The SMILES string of the molecule is Cc1cc(CN2CCN(CC(O)COc3ccc4sc(C)nc4c3)CC2)no1.Cc1nc2cc(OC[C@H](O)CN3CCN(Cc4cc(-c5ccc(-c6ccccc6)cc5)on4)[C@@H](C)C3)ccc2s1. The zero-order valence-corrected chi connectivity index (χ0v) is 40.8. The first kappa shape index (κ1) is 47.5. The van der Waals surface area contributed by atoms with Crippen molar-refractivity contribution >= 4 is 43.1 Å². The van der Waals surface area contributed by atoms with Crippen molar-refractivity contribution < 1.29 is 28.7 Å². The van der Waals surface area contributed by atoms with E-state index in [0.717, 1.165) is 129 Å². The number of hydrogen-bond acceptors (Lipinski definition) is 16. The van der Waals surface area contributed by atoms with Crippen LogP contribution in [0.25, 0.3) is 42.9 Å². The number of aliphatic hydroxyl groups is 2. The molecule has 2 fully saturated rings. The summed E-state index contributed by atoms with van der Waals surface area (Å²) in [4.78, 5) is 18.4. The van der Waals surface area contributed by atoms with Crippen LogP contribution < -0.4 is 9.47 Å². The molecule has 0 saturated carbocycles. The fraction of sp³-hybridized carbons (Fsp3) is 0.385. The van der Waals surface area contributed by atoms with Gasteiger partial charge in [-0.3, -0.25) is 19.6 Å². The highest BCUT2D eigenvalue weighted by Gasteiger charge is 2.26. The van der Waals surface area contributed by atoms with Crippen molar-refractivity contribution in [3.8, 4) is 33.9 Å². The van der Waals surface area contributed by atoms with Crippen LogP contribution in [0.5, 0.6) is 11.5 Å². The van der Waals surface area contributed by atoms with Crippen LogP contribution in [0.15, 0.2) is 112 Å². The smallest absolute Gasteiger partial charge is 0.167 e. The molecule has 0 bridgehead atoms. The molecule has 68 heavy (non-hydrogen) atoms. The summed E-state index contributed by atoms with van der Waals surface area (Å²) in [5.74, 6) is 3.13. The quantitative estimate of drug-likeness (QED) is 0.0956. The van der Waals surface area contributed by atoms with Crippen molar-refractivity contribution in [3.05, 3.63) is 130 Å². The van der Waals surface area contributed by atoms with Gasteiger partial charge in [-0.25, -0.2) is 9.97 Å². The molecule has 2 aliphatic heterocycles. The molecule has 356 valence electrons. The monoisotopic (exact) mass is 956 g/mol. The second-order valence-corrected chi connectivity index (χ2v) is 20.3. The average molecular weight is 957 g/mol. The molecule has 2 saturated heterocycles. The number of β-amino-alcohol motifs (C(OH)–C–C–N with tert-alkyl or cyclic N) is 2. The lowest BCUT2D eigenvalue weighted by Gasteiger charge is -2.40. The van der Waals surface area contributed by atoms with Crippen molar-refractivity contribution in [1.82, 2.24) is 39.9 Å². The molecule has 0 radical (unpaired) electrons. The maximum absolute atomic E-state index is 10.6. The Morgan fingerprint density at radius 3 is 1.75 bits per heavy atom. The van der Waals surface area contributed by atoms with Crippen molar-refractivity contribution in [3.63, 3.8) is 0 Å². The summed E-state index contributed by atoms with van der Waals surface area (Å²) >= 11 is 3.35. The van der Waals surface area contributed by atoms with Gasteiger partial charge in [-0.1, -0.05) is 64.9 Å². The van der Waals surface area contributed by atoms with Crippen LogP contribution in [0.4, 0.5) is 0 Å². The summed E-state index contributed by atoms with van der Waals surface area (Å²) in [5.41, 5.74) is 7.21. The Balaban J connectivity index is 0.000000181. The second-order valence-electron chi connectivity index (χ2n) is 17.9. The number of aliphatic hydroxyl groups excluding tert-OH is 2. The molecule has 10 rings (SSSR count). The molecule has 6 heterocycles. The van der Waals surface area contributed by atoms with Crippen LogP contribution >= 0.6 is 22.7 Å². The van der Waals surface area contributed by atoms with Crippen LogP contribution in [0.2, 0.25) is 0 Å². The molecule has 0 amide bonds. The van der Waals surface area contributed by atoms with E-state index in [0.29, 0.717) is 19.1 Å². The van der Waals surface area contributed by atoms with E-state index in [1.165, 1.54) is 11.1 Å². The van der Waals surface area contributed by atoms with Gasteiger partial charge in [0.2, 0.25) is 0 Å². The van der Waals surface area contributed by atoms with Gasteiger partial charge in [-0.2, -0.15) is 0 Å². The van der Waals surface area contributed by atoms with Crippen molar-refractivity contribution in [2.45, 2.75) is 59.0 Å². The van der Waals surface area contributed by atoms with E-state index in [9.17, 15) is 10.2 Å². The van der Waals surface area contributed by atoms with E-state index in [4.69, 9.17) is 18.5 Å². The molecule has 1 unspecified atom stereocenters. The van der Waals surface area contributed by atoms with Crippen LogP contribution in [0.3, 0.4) is 0 Å². The molecule has 16 heteroatoms. The van der Waals surface area contributed by atoms with Gasteiger partial charge in [0, 0.05) is 108 Å². The zero-order chi connectivity index (χ0) is 47.0. The van der Waals surface area contributed by atoms with Crippen LogP contribution in [-0.4, -0.2) is 140 Å². The maximum Gasteiger partial charge on any atom is 0.167 e. The summed E-state index contributed by atoms with van der Waals surface area (Å²) < 4.78 is 24.8. The first-order valence-corrected chi connectivity index (χ1v) is 25.0. The van der Waals surface area contributed by atoms with Crippen molar-refractivity contribution in [1.29, 1.82) is 0 Å². The first-order chi connectivity index (χ1) is 33.0. The minimum Gasteiger partial charge on any atom is -0.491 e. The number of rotatable bonds is 16. The lowest BCUT2D eigenvalue weighted by Crippen LogP contribution is -2.53. The lowest BCUT2D eigenvalue weighted by molar-refractivity contribution is 0.0250. The van der Waals surface area contributed by atoms with Crippen LogP contribution in [0, 0.1) is 20.8 Å². The third-order valence-corrected chi connectivity index (χ3v) is 14.2. The average Bonchev–Trinajstić information content (AvgIpc) is 4.16. The Labute approximate surface area is 405 Å². The molecule has 2 N–H and O–H groups in total. The number of piperazine rings is 2. The molecule has 14 nitrogen and oxygen atoms in total. The minimum atomic E-state index is -0.557. The largest absolute Gasteiger partial charge is 0.491 e. The van der Waals surface area contributed by atoms with Crippen molar-refractivity contribution in [2.24, 2.45) is 0 Å².